The van der Waals surface area contributed by atoms with E-state index in [2.05, 4.69) is 18.7 Å². The molecule has 24 heavy (non-hydrogen) atoms. The molecule has 0 bridgehead atoms. The van der Waals surface area contributed by atoms with Gasteiger partial charge in [0.25, 0.3) is 0 Å². The molecule has 0 atom stereocenters. The van der Waals surface area contributed by atoms with Crippen LogP contribution >= 0.6 is 0 Å². The van der Waals surface area contributed by atoms with Crippen molar-refractivity contribution in [2.75, 3.05) is 39.8 Å². The first-order valence-corrected chi connectivity index (χ1v) is 8.58. The molecule has 1 heterocycles. The number of methoxy groups -OCH3 is 1. The summed E-state index contributed by atoms with van der Waals surface area (Å²) in [6, 6.07) is 5.27. The van der Waals surface area contributed by atoms with E-state index >= 15 is 0 Å². The molecular weight excluding hydrogens is 304 g/mol. The van der Waals surface area contributed by atoms with Crippen molar-refractivity contribution in [2.24, 2.45) is 5.92 Å². The quantitative estimate of drug-likeness (QED) is 0.750. The Hall–Kier alpha value is -1.88. The van der Waals surface area contributed by atoms with Crippen LogP contribution in [0.1, 0.15) is 36.7 Å². The fraction of sp³-hybridized carbons (Fsp3) is 0.579. The van der Waals surface area contributed by atoms with Gasteiger partial charge in [0.05, 0.1) is 13.5 Å². The van der Waals surface area contributed by atoms with Crippen LogP contribution in [0.5, 0.6) is 5.75 Å². The third-order valence-electron chi connectivity index (χ3n) is 4.38. The molecule has 1 fully saturated rings. The molecule has 0 saturated carbocycles. The SMILES string of the molecule is COc1ccc(C(C)=O)cc1CC(=O)N1CCN(CC(C)C)CC1. The van der Waals surface area contributed by atoms with Crippen LogP contribution in [0.25, 0.3) is 0 Å². The maximum absolute atomic E-state index is 12.6. The number of rotatable bonds is 6. The number of piperazine rings is 1. The number of hydrogen-bond acceptors (Lipinski definition) is 4. The molecule has 0 aliphatic carbocycles. The van der Waals surface area contributed by atoms with Crippen molar-refractivity contribution >= 4 is 11.7 Å². The highest BCUT2D eigenvalue weighted by molar-refractivity contribution is 5.94. The molecule has 1 aliphatic heterocycles. The summed E-state index contributed by atoms with van der Waals surface area (Å²) >= 11 is 0. The standard InChI is InChI=1S/C19H28N2O3/c1-14(2)13-20-7-9-21(10-8-20)19(23)12-17-11-16(15(3)22)5-6-18(17)24-4/h5-6,11,14H,7-10,12-13H2,1-4H3. The molecule has 0 N–H and O–H groups in total. The van der Waals surface area contributed by atoms with Crippen LogP contribution < -0.4 is 4.74 Å². The molecule has 5 heteroatoms. The van der Waals surface area contributed by atoms with Gasteiger partial charge in [0.2, 0.25) is 5.91 Å². The second-order valence-electron chi connectivity index (χ2n) is 6.83. The molecule has 1 aromatic carbocycles. The highest BCUT2D eigenvalue weighted by Crippen LogP contribution is 2.22. The topological polar surface area (TPSA) is 49.9 Å². The molecule has 0 unspecified atom stereocenters. The van der Waals surface area contributed by atoms with Gasteiger partial charge in [-0.15, -0.1) is 0 Å². The van der Waals surface area contributed by atoms with E-state index in [1.54, 1.807) is 25.3 Å². The van der Waals surface area contributed by atoms with Crippen molar-refractivity contribution in [3.05, 3.63) is 29.3 Å². The average molecular weight is 332 g/mol. The molecule has 132 valence electrons. The number of hydrogen-bond donors (Lipinski definition) is 0. The molecule has 0 spiro atoms. The lowest BCUT2D eigenvalue weighted by molar-refractivity contribution is -0.132. The molecule has 1 aliphatic rings. The van der Waals surface area contributed by atoms with Crippen molar-refractivity contribution in [1.29, 1.82) is 0 Å². The monoisotopic (exact) mass is 332 g/mol. The number of ether oxygens (including phenoxy) is 1. The highest BCUT2D eigenvalue weighted by Gasteiger charge is 2.22. The van der Waals surface area contributed by atoms with E-state index in [1.807, 2.05) is 4.90 Å². The fourth-order valence-electron chi connectivity index (χ4n) is 3.11. The maximum Gasteiger partial charge on any atom is 0.227 e. The maximum atomic E-state index is 12.6. The number of carbonyl (C=O) groups is 2. The smallest absolute Gasteiger partial charge is 0.227 e. The van der Waals surface area contributed by atoms with Gasteiger partial charge in [-0.05, 0) is 31.0 Å². The highest BCUT2D eigenvalue weighted by atomic mass is 16.5. The number of carbonyl (C=O) groups excluding carboxylic acids is 2. The summed E-state index contributed by atoms with van der Waals surface area (Å²) < 4.78 is 5.34. The zero-order valence-electron chi connectivity index (χ0n) is 15.2. The summed E-state index contributed by atoms with van der Waals surface area (Å²) in [5, 5.41) is 0. The molecule has 1 amide bonds. The Morgan fingerprint density at radius 3 is 2.38 bits per heavy atom. The Bertz CT molecular complexity index is 590. The number of benzene rings is 1. The molecule has 5 nitrogen and oxygen atoms in total. The minimum Gasteiger partial charge on any atom is -0.496 e. The van der Waals surface area contributed by atoms with Gasteiger partial charge in [-0.25, -0.2) is 0 Å². The first kappa shape index (κ1) is 18.5. The van der Waals surface area contributed by atoms with E-state index < -0.39 is 0 Å². The lowest BCUT2D eigenvalue weighted by Gasteiger charge is -2.35. The Labute approximate surface area is 144 Å². The van der Waals surface area contributed by atoms with E-state index in [0.29, 0.717) is 17.2 Å². The van der Waals surface area contributed by atoms with Gasteiger partial charge >= 0.3 is 0 Å². The fourth-order valence-corrected chi connectivity index (χ4v) is 3.11. The van der Waals surface area contributed by atoms with Gasteiger partial charge in [0, 0.05) is 43.9 Å². The van der Waals surface area contributed by atoms with Crippen molar-refractivity contribution in [2.45, 2.75) is 27.2 Å². The second kappa shape index (κ2) is 8.29. The third kappa shape index (κ3) is 4.81. The minimum absolute atomic E-state index is 0.00588. The van der Waals surface area contributed by atoms with Crippen LogP contribution in [-0.4, -0.2) is 61.3 Å². The molecule has 0 aromatic heterocycles. The van der Waals surface area contributed by atoms with Crippen LogP contribution in [0.3, 0.4) is 0 Å². The van der Waals surface area contributed by atoms with Gasteiger partial charge in [0.15, 0.2) is 5.78 Å². The first-order valence-electron chi connectivity index (χ1n) is 8.58. The van der Waals surface area contributed by atoms with Crippen LogP contribution in [0.15, 0.2) is 18.2 Å². The number of Topliss-reactive ketones (excluding diaryl/α,β-unsaturated/α-hetero) is 1. The Kier molecular flexibility index (Phi) is 6.37. The summed E-state index contributed by atoms with van der Waals surface area (Å²) in [7, 11) is 1.58. The number of amides is 1. The number of ketones is 1. The first-order chi connectivity index (χ1) is 11.4. The summed E-state index contributed by atoms with van der Waals surface area (Å²) in [6.07, 6.45) is 0.272. The third-order valence-corrected chi connectivity index (χ3v) is 4.38. The summed E-state index contributed by atoms with van der Waals surface area (Å²) in [5.74, 6) is 1.39. The van der Waals surface area contributed by atoms with Gasteiger partial charge < -0.3 is 9.64 Å². The van der Waals surface area contributed by atoms with Crippen LogP contribution in [0.4, 0.5) is 0 Å². The molecular formula is C19H28N2O3. The zero-order valence-corrected chi connectivity index (χ0v) is 15.2. The molecule has 1 saturated heterocycles. The lowest BCUT2D eigenvalue weighted by atomic mass is 10.0. The van der Waals surface area contributed by atoms with Crippen molar-refractivity contribution in [1.82, 2.24) is 9.80 Å². The van der Waals surface area contributed by atoms with Gasteiger partial charge in [-0.2, -0.15) is 0 Å². The van der Waals surface area contributed by atoms with E-state index in [0.717, 1.165) is 38.3 Å². The zero-order chi connectivity index (χ0) is 17.7. The summed E-state index contributed by atoms with van der Waals surface area (Å²) in [4.78, 5) is 28.5. The predicted octanol–water partition coefficient (Wildman–Crippen LogP) is 2.24. The average Bonchev–Trinajstić information content (AvgIpc) is 2.54. The van der Waals surface area contributed by atoms with Crippen LogP contribution in [0, 0.1) is 5.92 Å². The number of nitrogens with zero attached hydrogens (tertiary/aromatic N) is 2. The van der Waals surface area contributed by atoms with Crippen molar-refractivity contribution in [3.63, 3.8) is 0 Å². The minimum atomic E-state index is -0.00588. The summed E-state index contributed by atoms with van der Waals surface area (Å²) in [6.45, 7) is 10.4. The summed E-state index contributed by atoms with van der Waals surface area (Å²) in [5.41, 5.74) is 1.39. The van der Waals surface area contributed by atoms with Crippen molar-refractivity contribution in [3.8, 4) is 5.75 Å². The molecule has 2 rings (SSSR count). The second-order valence-corrected chi connectivity index (χ2v) is 6.83. The largest absolute Gasteiger partial charge is 0.496 e. The molecule has 0 radical (unpaired) electrons. The normalized spacial score (nSPS) is 15.6. The Balaban J connectivity index is 2.00. The van der Waals surface area contributed by atoms with Gasteiger partial charge in [0.1, 0.15) is 5.75 Å². The Morgan fingerprint density at radius 2 is 1.83 bits per heavy atom. The van der Waals surface area contributed by atoms with Crippen LogP contribution in [0.2, 0.25) is 0 Å². The Morgan fingerprint density at radius 1 is 1.17 bits per heavy atom. The van der Waals surface area contributed by atoms with E-state index in [4.69, 9.17) is 4.74 Å². The van der Waals surface area contributed by atoms with E-state index in [9.17, 15) is 9.59 Å². The lowest BCUT2D eigenvalue weighted by Crippen LogP contribution is -2.49. The van der Waals surface area contributed by atoms with E-state index in [1.165, 1.54) is 6.92 Å². The van der Waals surface area contributed by atoms with Crippen molar-refractivity contribution < 1.29 is 14.3 Å². The van der Waals surface area contributed by atoms with E-state index in [-0.39, 0.29) is 18.1 Å². The van der Waals surface area contributed by atoms with Crippen LogP contribution in [-0.2, 0) is 11.2 Å². The molecule has 1 aromatic rings. The predicted molar refractivity (Wildman–Crippen MR) is 94.6 cm³/mol. The van der Waals surface area contributed by atoms with Gasteiger partial charge in [-0.3, -0.25) is 14.5 Å². The van der Waals surface area contributed by atoms with Gasteiger partial charge in [-0.1, -0.05) is 13.8 Å².